The lowest BCUT2D eigenvalue weighted by molar-refractivity contribution is -0.0499. The molecule has 0 aromatic rings. The zero-order valence-electron chi connectivity index (χ0n) is 10.9. The van der Waals surface area contributed by atoms with Gasteiger partial charge in [-0.3, -0.25) is 0 Å². The lowest BCUT2D eigenvalue weighted by Crippen LogP contribution is -2.35. The molecule has 0 aromatic heterocycles. The number of rotatable bonds is 3. The van der Waals surface area contributed by atoms with Gasteiger partial charge in [-0.05, 0) is 49.2 Å². The van der Waals surface area contributed by atoms with Crippen LogP contribution < -0.4 is 0 Å². The van der Waals surface area contributed by atoms with Gasteiger partial charge in [-0.25, -0.2) is 0 Å². The molecule has 1 nitrogen and oxygen atoms in total. The highest BCUT2D eigenvalue weighted by Gasteiger charge is 2.33. The van der Waals surface area contributed by atoms with E-state index in [-0.39, 0.29) is 0 Å². The predicted octanol–water partition coefficient (Wildman–Crippen LogP) is 4.32. The molecule has 2 aliphatic rings. The van der Waals surface area contributed by atoms with Crippen molar-refractivity contribution in [3.05, 3.63) is 0 Å². The van der Waals surface area contributed by atoms with Crippen molar-refractivity contribution >= 4 is 11.8 Å². The summed E-state index contributed by atoms with van der Waals surface area (Å²) < 4.78 is 6.36. The Labute approximate surface area is 105 Å². The first kappa shape index (κ1) is 12.8. The van der Waals surface area contributed by atoms with Crippen LogP contribution in [0.3, 0.4) is 0 Å². The molecule has 0 spiro atoms. The van der Waals surface area contributed by atoms with Crippen molar-refractivity contribution in [3.8, 4) is 0 Å². The lowest BCUT2D eigenvalue weighted by Gasteiger charge is -2.38. The summed E-state index contributed by atoms with van der Waals surface area (Å²) in [5, 5.41) is 0. The fourth-order valence-corrected chi connectivity index (χ4v) is 4.27. The summed E-state index contributed by atoms with van der Waals surface area (Å²) in [6.07, 6.45) is 7.24. The third-order valence-corrected chi connectivity index (χ3v) is 5.42. The van der Waals surface area contributed by atoms with E-state index in [4.69, 9.17) is 4.74 Å². The molecule has 0 amide bonds. The minimum absolute atomic E-state index is 0.511. The number of hydrogen-bond acceptors (Lipinski definition) is 2. The van der Waals surface area contributed by atoms with Crippen LogP contribution in [0, 0.1) is 17.8 Å². The minimum atomic E-state index is 0.511. The van der Waals surface area contributed by atoms with Gasteiger partial charge in [0.25, 0.3) is 0 Å². The molecule has 2 rings (SSSR count). The van der Waals surface area contributed by atoms with Gasteiger partial charge in [0.05, 0.1) is 6.10 Å². The van der Waals surface area contributed by atoms with E-state index in [9.17, 15) is 0 Å². The van der Waals surface area contributed by atoms with Gasteiger partial charge in [-0.2, -0.15) is 0 Å². The summed E-state index contributed by atoms with van der Waals surface area (Å²) in [4.78, 5) is 0. The molecule has 2 fully saturated rings. The molecule has 1 saturated carbocycles. The van der Waals surface area contributed by atoms with Gasteiger partial charge < -0.3 is 4.74 Å². The average molecular weight is 242 g/mol. The molecule has 1 heterocycles. The Morgan fingerprint density at radius 3 is 2.62 bits per heavy atom. The fourth-order valence-electron chi connectivity index (χ4n) is 3.12. The van der Waals surface area contributed by atoms with Crippen molar-refractivity contribution < 1.29 is 4.74 Å². The van der Waals surface area contributed by atoms with Crippen molar-refractivity contribution in [3.63, 3.8) is 0 Å². The van der Waals surface area contributed by atoms with Gasteiger partial charge in [0, 0.05) is 0 Å². The molecule has 1 aliphatic carbocycles. The van der Waals surface area contributed by atoms with Crippen molar-refractivity contribution in [2.24, 2.45) is 17.8 Å². The highest BCUT2D eigenvalue weighted by Crippen LogP contribution is 2.38. The SMILES string of the molecule is CC1CCC(C(C)C)C(OC2CCCS2)C1. The van der Waals surface area contributed by atoms with Crippen LogP contribution in [0.15, 0.2) is 0 Å². The van der Waals surface area contributed by atoms with Crippen molar-refractivity contribution in [2.45, 2.75) is 64.4 Å². The first-order valence-corrected chi connectivity index (χ1v) is 7.98. The second kappa shape index (κ2) is 5.77. The van der Waals surface area contributed by atoms with E-state index in [1.165, 1.54) is 37.9 Å². The maximum atomic E-state index is 6.36. The highest BCUT2D eigenvalue weighted by molar-refractivity contribution is 8.00. The molecule has 16 heavy (non-hydrogen) atoms. The summed E-state index contributed by atoms with van der Waals surface area (Å²) in [5.41, 5.74) is 0.511. The summed E-state index contributed by atoms with van der Waals surface area (Å²) in [5.74, 6) is 3.76. The summed E-state index contributed by atoms with van der Waals surface area (Å²) in [7, 11) is 0. The molecule has 94 valence electrons. The first-order chi connectivity index (χ1) is 7.66. The maximum absolute atomic E-state index is 6.36. The fraction of sp³-hybridized carbons (Fsp3) is 1.00. The third-order valence-electron chi connectivity index (χ3n) is 4.18. The quantitative estimate of drug-likeness (QED) is 0.729. The highest BCUT2D eigenvalue weighted by atomic mass is 32.2. The van der Waals surface area contributed by atoms with Crippen LogP contribution in [0.5, 0.6) is 0 Å². The predicted molar refractivity (Wildman–Crippen MR) is 71.7 cm³/mol. The maximum Gasteiger partial charge on any atom is 0.103 e. The molecule has 2 heteroatoms. The number of hydrogen-bond donors (Lipinski definition) is 0. The van der Waals surface area contributed by atoms with E-state index in [1.807, 2.05) is 11.8 Å². The monoisotopic (exact) mass is 242 g/mol. The third kappa shape index (κ3) is 3.16. The van der Waals surface area contributed by atoms with E-state index in [1.54, 1.807) is 0 Å². The largest absolute Gasteiger partial charge is 0.364 e. The van der Waals surface area contributed by atoms with Crippen LogP contribution >= 0.6 is 11.8 Å². The number of ether oxygens (including phenoxy) is 1. The zero-order chi connectivity index (χ0) is 11.5. The van der Waals surface area contributed by atoms with Gasteiger partial charge in [0.2, 0.25) is 0 Å². The molecule has 4 atom stereocenters. The Balaban J connectivity index is 1.91. The Hall–Kier alpha value is 0.310. The number of thioether (sulfide) groups is 1. The van der Waals surface area contributed by atoms with Crippen LogP contribution in [0.25, 0.3) is 0 Å². The molecular weight excluding hydrogens is 216 g/mol. The van der Waals surface area contributed by atoms with Crippen LogP contribution in [0.2, 0.25) is 0 Å². The Morgan fingerprint density at radius 1 is 1.19 bits per heavy atom. The van der Waals surface area contributed by atoms with Crippen molar-refractivity contribution in [2.75, 3.05) is 5.75 Å². The zero-order valence-corrected chi connectivity index (χ0v) is 11.8. The summed E-state index contributed by atoms with van der Waals surface area (Å²) in [6, 6.07) is 0. The van der Waals surface area contributed by atoms with Crippen LogP contribution in [-0.4, -0.2) is 17.3 Å². The van der Waals surface area contributed by atoms with Gasteiger partial charge in [-0.1, -0.05) is 27.2 Å². The molecule has 4 unspecified atom stereocenters. The smallest absolute Gasteiger partial charge is 0.103 e. The lowest BCUT2D eigenvalue weighted by atomic mass is 9.75. The minimum Gasteiger partial charge on any atom is -0.364 e. The van der Waals surface area contributed by atoms with E-state index in [0.29, 0.717) is 11.5 Å². The van der Waals surface area contributed by atoms with Crippen LogP contribution in [0.4, 0.5) is 0 Å². The summed E-state index contributed by atoms with van der Waals surface area (Å²) in [6.45, 7) is 7.10. The second-order valence-electron chi connectivity index (χ2n) is 5.94. The second-order valence-corrected chi connectivity index (χ2v) is 7.21. The summed E-state index contributed by atoms with van der Waals surface area (Å²) >= 11 is 2.03. The first-order valence-electron chi connectivity index (χ1n) is 6.94. The van der Waals surface area contributed by atoms with E-state index >= 15 is 0 Å². The Kier molecular flexibility index (Phi) is 4.60. The molecule has 0 radical (unpaired) electrons. The average Bonchev–Trinajstić information content (AvgIpc) is 2.70. The molecule has 1 saturated heterocycles. The molecule has 0 bridgehead atoms. The normalized spacial score (nSPS) is 40.5. The van der Waals surface area contributed by atoms with Gasteiger partial charge in [0.15, 0.2) is 0 Å². The van der Waals surface area contributed by atoms with E-state index < -0.39 is 0 Å². The van der Waals surface area contributed by atoms with Gasteiger partial charge in [0.1, 0.15) is 5.44 Å². The standard InChI is InChI=1S/C14H26OS/c1-10(2)12-7-6-11(3)9-13(12)15-14-5-4-8-16-14/h10-14H,4-9H2,1-3H3. The van der Waals surface area contributed by atoms with Crippen molar-refractivity contribution in [1.29, 1.82) is 0 Å². The van der Waals surface area contributed by atoms with Crippen LogP contribution in [0.1, 0.15) is 52.9 Å². The molecule has 1 aliphatic heterocycles. The Morgan fingerprint density at radius 2 is 2.00 bits per heavy atom. The molecular formula is C14H26OS. The van der Waals surface area contributed by atoms with E-state index in [2.05, 4.69) is 20.8 Å². The van der Waals surface area contributed by atoms with E-state index in [0.717, 1.165) is 17.8 Å². The Bertz CT molecular complexity index is 211. The van der Waals surface area contributed by atoms with Crippen LogP contribution in [-0.2, 0) is 4.74 Å². The van der Waals surface area contributed by atoms with Gasteiger partial charge >= 0.3 is 0 Å². The van der Waals surface area contributed by atoms with Crippen molar-refractivity contribution in [1.82, 2.24) is 0 Å². The molecule has 0 N–H and O–H groups in total. The molecule has 0 aromatic carbocycles. The topological polar surface area (TPSA) is 9.23 Å². The van der Waals surface area contributed by atoms with Gasteiger partial charge in [-0.15, -0.1) is 11.8 Å².